The first-order chi connectivity index (χ1) is 9.77. The van der Waals surface area contributed by atoms with E-state index in [0.717, 1.165) is 12.8 Å². The number of aliphatic hydroxyl groups is 1. The van der Waals surface area contributed by atoms with Crippen LogP contribution in [-0.2, 0) is 11.2 Å². The second kappa shape index (κ2) is 7.46. The van der Waals surface area contributed by atoms with E-state index < -0.39 is 6.10 Å². The molecule has 2 N–H and O–H groups in total. The van der Waals surface area contributed by atoms with E-state index in [4.69, 9.17) is 0 Å². The van der Waals surface area contributed by atoms with Crippen molar-refractivity contribution in [2.45, 2.75) is 18.9 Å². The van der Waals surface area contributed by atoms with E-state index >= 15 is 0 Å². The minimum Gasteiger partial charge on any atom is -0.378 e. The van der Waals surface area contributed by atoms with Crippen LogP contribution in [0.4, 0.5) is 0 Å². The molecule has 104 valence electrons. The van der Waals surface area contributed by atoms with Crippen LogP contribution in [0.2, 0.25) is 0 Å². The average Bonchev–Trinajstić information content (AvgIpc) is 2.52. The fourth-order valence-electron chi connectivity index (χ4n) is 2.03. The molecule has 1 unspecified atom stereocenters. The molecule has 0 aliphatic rings. The largest absolute Gasteiger partial charge is 0.378 e. The third-order valence-corrected chi connectivity index (χ3v) is 3.15. The maximum absolute atomic E-state index is 11.8. The molecule has 20 heavy (non-hydrogen) atoms. The number of carbonyl (C=O) groups is 1. The van der Waals surface area contributed by atoms with Gasteiger partial charge < -0.3 is 10.4 Å². The van der Waals surface area contributed by atoms with Gasteiger partial charge in [-0.1, -0.05) is 60.7 Å². The Morgan fingerprint density at radius 1 is 1.00 bits per heavy atom. The predicted molar refractivity (Wildman–Crippen MR) is 79.2 cm³/mol. The molecule has 2 aromatic carbocycles. The van der Waals surface area contributed by atoms with Crippen molar-refractivity contribution in [3.8, 4) is 0 Å². The number of hydrogen-bond donors (Lipinski definition) is 2. The summed E-state index contributed by atoms with van der Waals surface area (Å²) in [6.45, 7) is 0.567. The van der Waals surface area contributed by atoms with Crippen LogP contribution >= 0.6 is 0 Å². The molecule has 3 nitrogen and oxygen atoms in total. The standard InChI is InChI=1S/C17H19NO2/c19-16(15-11-5-2-6-12-15)17(20)18-13-7-10-14-8-3-1-4-9-14/h1-6,8-9,11-12,16,19H,7,10,13H2,(H,18,20). The number of amides is 1. The molecule has 3 heteroatoms. The normalized spacial score (nSPS) is 11.8. The molecule has 2 rings (SSSR count). The maximum Gasteiger partial charge on any atom is 0.253 e. The van der Waals surface area contributed by atoms with E-state index in [1.807, 2.05) is 24.3 Å². The highest BCUT2D eigenvalue weighted by Crippen LogP contribution is 2.11. The Morgan fingerprint density at radius 3 is 2.25 bits per heavy atom. The van der Waals surface area contributed by atoms with Crippen LogP contribution in [0, 0.1) is 0 Å². The van der Waals surface area contributed by atoms with Gasteiger partial charge in [-0.25, -0.2) is 0 Å². The average molecular weight is 269 g/mol. The second-order valence-electron chi connectivity index (χ2n) is 4.69. The zero-order valence-electron chi connectivity index (χ0n) is 11.3. The molecule has 0 bridgehead atoms. The highest BCUT2D eigenvalue weighted by atomic mass is 16.3. The SMILES string of the molecule is O=C(NCCCc1ccccc1)C(O)c1ccccc1. The Morgan fingerprint density at radius 2 is 1.60 bits per heavy atom. The summed E-state index contributed by atoms with van der Waals surface area (Å²) in [6.07, 6.45) is 0.688. The minimum absolute atomic E-state index is 0.343. The Balaban J connectivity index is 1.73. The summed E-state index contributed by atoms with van der Waals surface area (Å²) < 4.78 is 0. The topological polar surface area (TPSA) is 49.3 Å². The molecular formula is C17H19NO2. The summed E-state index contributed by atoms with van der Waals surface area (Å²) >= 11 is 0. The highest BCUT2D eigenvalue weighted by Gasteiger charge is 2.15. The molecule has 0 aromatic heterocycles. The van der Waals surface area contributed by atoms with E-state index in [9.17, 15) is 9.90 Å². The van der Waals surface area contributed by atoms with Crippen LogP contribution in [-0.4, -0.2) is 17.6 Å². The quantitative estimate of drug-likeness (QED) is 0.791. The van der Waals surface area contributed by atoms with Crippen molar-refractivity contribution in [2.24, 2.45) is 0 Å². The molecule has 0 aliphatic heterocycles. The molecule has 1 atom stereocenters. The van der Waals surface area contributed by atoms with Crippen LogP contribution in [0.3, 0.4) is 0 Å². The van der Waals surface area contributed by atoms with Gasteiger partial charge in [-0.3, -0.25) is 4.79 Å². The van der Waals surface area contributed by atoms with Crippen molar-refractivity contribution < 1.29 is 9.90 Å². The smallest absolute Gasteiger partial charge is 0.253 e. The molecule has 0 saturated heterocycles. The number of aliphatic hydroxyl groups excluding tert-OH is 1. The highest BCUT2D eigenvalue weighted by molar-refractivity contribution is 5.81. The van der Waals surface area contributed by atoms with E-state index in [0.29, 0.717) is 12.1 Å². The van der Waals surface area contributed by atoms with Gasteiger partial charge in [0.2, 0.25) is 0 Å². The van der Waals surface area contributed by atoms with Gasteiger partial charge in [0, 0.05) is 6.54 Å². The first-order valence-corrected chi connectivity index (χ1v) is 6.82. The van der Waals surface area contributed by atoms with Gasteiger partial charge in [-0.05, 0) is 24.0 Å². The lowest BCUT2D eigenvalue weighted by atomic mass is 10.1. The van der Waals surface area contributed by atoms with Crippen LogP contribution in [0.25, 0.3) is 0 Å². The Bertz CT molecular complexity index is 525. The molecule has 0 aliphatic carbocycles. The van der Waals surface area contributed by atoms with Gasteiger partial charge in [-0.2, -0.15) is 0 Å². The molecular weight excluding hydrogens is 250 g/mol. The van der Waals surface area contributed by atoms with Crippen molar-refractivity contribution >= 4 is 5.91 Å². The second-order valence-corrected chi connectivity index (χ2v) is 4.69. The maximum atomic E-state index is 11.8. The van der Waals surface area contributed by atoms with Gasteiger partial charge >= 0.3 is 0 Å². The number of carbonyl (C=O) groups excluding carboxylic acids is 1. The number of hydrogen-bond acceptors (Lipinski definition) is 2. The molecule has 0 spiro atoms. The Kier molecular flexibility index (Phi) is 5.33. The van der Waals surface area contributed by atoms with Crippen molar-refractivity contribution in [1.29, 1.82) is 0 Å². The molecule has 0 heterocycles. The van der Waals surface area contributed by atoms with Crippen LogP contribution in [0.1, 0.15) is 23.7 Å². The van der Waals surface area contributed by atoms with E-state index in [1.54, 1.807) is 24.3 Å². The third kappa shape index (κ3) is 4.21. The summed E-state index contributed by atoms with van der Waals surface area (Å²) in [5.74, 6) is -0.343. The lowest BCUT2D eigenvalue weighted by Crippen LogP contribution is -2.30. The van der Waals surface area contributed by atoms with Crippen LogP contribution in [0.5, 0.6) is 0 Å². The molecule has 0 radical (unpaired) electrons. The van der Waals surface area contributed by atoms with Gasteiger partial charge in [0.15, 0.2) is 6.10 Å². The van der Waals surface area contributed by atoms with Crippen LogP contribution in [0.15, 0.2) is 60.7 Å². The lowest BCUT2D eigenvalue weighted by Gasteiger charge is -2.11. The van der Waals surface area contributed by atoms with E-state index in [-0.39, 0.29) is 5.91 Å². The molecule has 0 fully saturated rings. The zero-order valence-corrected chi connectivity index (χ0v) is 11.3. The van der Waals surface area contributed by atoms with Crippen molar-refractivity contribution in [1.82, 2.24) is 5.32 Å². The monoisotopic (exact) mass is 269 g/mol. The van der Waals surface area contributed by atoms with Gasteiger partial charge in [-0.15, -0.1) is 0 Å². The third-order valence-electron chi connectivity index (χ3n) is 3.15. The van der Waals surface area contributed by atoms with E-state index in [1.165, 1.54) is 5.56 Å². The number of rotatable bonds is 6. The van der Waals surface area contributed by atoms with E-state index in [2.05, 4.69) is 17.4 Å². The van der Waals surface area contributed by atoms with Gasteiger partial charge in [0.1, 0.15) is 0 Å². The van der Waals surface area contributed by atoms with Crippen molar-refractivity contribution in [3.63, 3.8) is 0 Å². The number of benzene rings is 2. The minimum atomic E-state index is -1.09. The molecule has 0 saturated carbocycles. The molecule has 1 amide bonds. The summed E-state index contributed by atoms with van der Waals surface area (Å²) in [5, 5.41) is 12.7. The number of aryl methyl sites for hydroxylation is 1. The number of nitrogens with one attached hydrogen (secondary N) is 1. The first-order valence-electron chi connectivity index (χ1n) is 6.82. The van der Waals surface area contributed by atoms with Crippen molar-refractivity contribution in [2.75, 3.05) is 6.54 Å². The Labute approximate surface area is 119 Å². The summed E-state index contributed by atoms with van der Waals surface area (Å²) in [6, 6.07) is 19.1. The summed E-state index contributed by atoms with van der Waals surface area (Å²) in [7, 11) is 0. The van der Waals surface area contributed by atoms with Crippen LogP contribution < -0.4 is 5.32 Å². The Hall–Kier alpha value is -2.13. The fourth-order valence-corrected chi connectivity index (χ4v) is 2.03. The fraction of sp³-hybridized carbons (Fsp3) is 0.235. The lowest BCUT2D eigenvalue weighted by molar-refractivity contribution is -0.129. The first kappa shape index (κ1) is 14.3. The van der Waals surface area contributed by atoms with Crippen molar-refractivity contribution in [3.05, 3.63) is 71.8 Å². The van der Waals surface area contributed by atoms with Gasteiger partial charge in [0.05, 0.1) is 0 Å². The summed E-state index contributed by atoms with van der Waals surface area (Å²) in [5.41, 5.74) is 1.87. The van der Waals surface area contributed by atoms with Gasteiger partial charge in [0.25, 0.3) is 5.91 Å². The molecule has 2 aromatic rings. The summed E-state index contributed by atoms with van der Waals surface area (Å²) in [4.78, 5) is 11.8. The predicted octanol–water partition coefficient (Wildman–Crippen LogP) is 2.47. The zero-order chi connectivity index (χ0) is 14.2.